The van der Waals surface area contributed by atoms with Crippen molar-refractivity contribution < 1.29 is 4.52 Å². The molecule has 3 aromatic rings. The van der Waals surface area contributed by atoms with E-state index in [1.807, 2.05) is 24.4 Å². The van der Waals surface area contributed by atoms with Crippen molar-refractivity contribution in [1.29, 1.82) is 0 Å². The molecular formula is C14H18N6OS2. The maximum atomic E-state index is 6.10. The van der Waals surface area contributed by atoms with Crippen LogP contribution in [0.2, 0.25) is 0 Å². The molecule has 0 saturated carbocycles. The predicted octanol–water partition coefficient (Wildman–Crippen LogP) is 3.30. The molecule has 2 N–H and O–H groups in total. The number of hydrogen-bond donors (Lipinski definition) is 1. The molecule has 0 saturated heterocycles. The first-order valence-corrected chi connectivity index (χ1v) is 9.18. The summed E-state index contributed by atoms with van der Waals surface area (Å²) in [5.74, 6) is 8.10. The van der Waals surface area contributed by atoms with Crippen LogP contribution in [0.3, 0.4) is 0 Å². The van der Waals surface area contributed by atoms with Crippen LogP contribution >= 0.6 is 23.1 Å². The standard InChI is InChI=1S/C14H18N6OS2/c1-3-4-7-11-16-13(21-19-11)9(2)23-14-18-17-12(20(14)15)10-6-5-8-22-10/h5-6,8-9H,3-4,7,15H2,1-2H3. The smallest absolute Gasteiger partial charge is 0.239 e. The molecule has 0 aliphatic carbocycles. The van der Waals surface area contributed by atoms with Gasteiger partial charge in [-0.05, 0) is 24.8 Å². The van der Waals surface area contributed by atoms with Crippen LogP contribution in [0.5, 0.6) is 0 Å². The van der Waals surface area contributed by atoms with E-state index in [2.05, 4.69) is 27.3 Å². The highest BCUT2D eigenvalue weighted by molar-refractivity contribution is 7.99. The molecule has 0 fully saturated rings. The summed E-state index contributed by atoms with van der Waals surface area (Å²) in [7, 11) is 0. The SMILES string of the molecule is CCCCc1noc(C(C)Sc2nnc(-c3cccs3)n2N)n1. The Bertz CT molecular complexity index is 751. The van der Waals surface area contributed by atoms with Gasteiger partial charge in [0.15, 0.2) is 11.6 Å². The molecule has 0 spiro atoms. The van der Waals surface area contributed by atoms with Crippen molar-refractivity contribution >= 4 is 23.1 Å². The summed E-state index contributed by atoms with van der Waals surface area (Å²) in [5, 5.41) is 14.9. The topological polar surface area (TPSA) is 95.7 Å². The molecule has 3 rings (SSSR count). The van der Waals surface area contributed by atoms with Gasteiger partial charge in [0.05, 0.1) is 10.1 Å². The van der Waals surface area contributed by atoms with Gasteiger partial charge in [0.25, 0.3) is 0 Å². The largest absolute Gasteiger partial charge is 0.338 e. The van der Waals surface area contributed by atoms with Gasteiger partial charge in [0.1, 0.15) is 0 Å². The molecule has 23 heavy (non-hydrogen) atoms. The average molecular weight is 350 g/mol. The summed E-state index contributed by atoms with van der Waals surface area (Å²) in [4.78, 5) is 5.42. The zero-order valence-corrected chi connectivity index (χ0v) is 14.6. The molecule has 0 radical (unpaired) electrons. The Balaban J connectivity index is 1.70. The summed E-state index contributed by atoms with van der Waals surface area (Å²) in [5.41, 5.74) is 0. The highest BCUT2D eigenvalue weighted by atomic mass is 32.2. The van der Waals surface area contributed by atoms with E-state index in [0.717, 1.165) is 30.0 Å². The van der Waals surface area contributed by atoms with Crippen LogP contribution in [-0.2, 0) is 6.42 Å². The minimum absolute atomic E-state index is 0.0411. The second-order valence-electron chi connectivity index (χ2n) is 5.07. The summed E-state index contributed by atoms with van der Waals surface area (Å²) >= 11 is 3.03. The molecule has 9 heteroatoms. The van der Waals surface area contributed by atoms with Crippen LogP contribution in [0.15, 0.2) is 27.2 Å². The van der Waals surface area contributed by atoms with E-state index in [0.29, 0.717) is 16.9 Å². The molecule has 7 nitrogen and oxygen atoms in total. The fraction of sp³-hybridized carbons (Fsp3) is 0.429. The number of unbranched alkanes of at least 4 members (excludes halogenated alkanes) is 1. The molecular weight excluding hydrogens is 332 g/mol. The highest BCUT2D eigenvalue weighted by Gasteiger charge is 2.20. The first kappa shape index (κ1) is 16.0. The van der Waals surface area contributed by atoms with Gasteiger partial charge in [0.2, 0.25) is 11.0 Å². The maximum Gasteiger partial charge on any atom is 0.239 e. The summed E-state index contributed by atoms with van der Waals surface area (Å²) in [6.45, 7) is 4.12. The fourth-order valence-corrected chi connectivity index (χ4v) is 3.52. The van der Waals surface area contributed by atoms with Crippen molar-refractivity contribution in [2.24, 2.45) is 0 Å². The number of hydrogen-bond acceptors (Lipinski definition) is 8. The van der Waals surface area contributed by atoms with Crippen LogP contribution in [0.25, 0.3) is 10.7 Å². The van der Waals surface area contributed by atoms with E-state index < -0.39 is 0 Å². The fourth-order valence-electron chi connectivity index (χ4n) is 2.01. The molecule has 3 aromatic heterocycles. The van der Waals surface area contributed by atoms with Crippen LogP contribution in [-0.4, -0.2) is 25.0 Å². The number of thioether (sulfide) groups is 1. The number of rotatable bonds is 7. The minimum atomic E-state index is -0.0411. The zero-order chi connectivity index (χ0) is 16.2. The van der Waals surface area contributed by atoms with Gasteiger partial charge >= 0.3 is 0 Å². The van der Waals surface area contributed by atoms with Gasteiger partial charge in [-0.1, -0.05) is 36.3 Å². The number of nitrogens with two attached hydrogens (primary N) is 1. The molecule has 3 heterocycles. The van der Waals surface area contributed by atoms with Gasteiger partial charge in [-0.15, -0.1) is 21.5 Å². The Hall–Kier alpha value is -1.87. The second kappa shape index (κ2) is 7.14. The van der Waals surface area contributed by atoms with Crippen molar-refractivity contribution in [3.05, 3.63) is 29.2 Å². The molecule has 0 aliphatic heterocycles. The second-order valence-corrected chi connectivity index (χ2v) is 7.32. The number of nitrogens with zero attached hydrogens (tertiary/aromatic N) is 5. The number of thiophene rings is 1. The molecule has 0 aliphatic rings. The van der Waals surface area contributed by atoms with Crippen LogP contribution < -0.4 is 5.84 Å². The van der Waals surface area contributed by atoms with Crippen molar-refractivity contribution in [3.63, 3.8) is 0 Å². The Labute approximate surface area is 142 Å². The number of aryl methyl sites for hydroxylation is 1. The maximum absolute atomic E-state index is 6.10. The Kier molecular flexibility index (Phi) is 4.97. The molecule has 0 aromatic carbocycles. The minimum Gasteiger partial charge on any atom is -0.338 e. The third-order valence-corrected chi connectivity index (χ3v) is 5.18. The van der Waals surface area contributed by atoms with Gasteiger partial charge in [-0.2, -0.15) is 4.98 Å². The van der Waals surface area contributed by atoms with Crippen molar-refractivity contribution in [2.45, 2.75) is 43.5 Å². The summed E-state index contributed by atoms with van der Waals surface area (Å²) in [6, 6.07) is 3.92. The van der Waals surface area contributed by atoms with Gasteiger partial charge in [0, 0.05) is 6.42 Å². The highest BCUT2D eigenvalue weighted by Crippen LogP contribution is 2.34. The number of aromatic nitrogens is 5. The molecule has 122 valence electrons. The van der Waals surface area contributed by atoms with Crippen LogP contribution in [0, 0.1) is 0 Å². The third kappa shape index (κ3) is 3.56. The zero-order valence-electron chi connectivity index (χ0n) is 13.0. The lowest BCUT2D eigenvalue weighted by Crippen LogP contribution is -2.11. The van der Waals surface area contributed by atoms with Crippen molar-refractivity contribution in [3.8, 4) is 10.7 Å². The van der Waals surface area contributed by atoms with Gasteiger partial charge < -0.3 is 10.4 Å². The average Bonchev–Trinajstić information content (AvgIpc) is 3.27. The Morgan fingerprint density at radius 1 is 1.43 bits per heavy atom. The lowest BCUT2D eigenvalue weighted by molar-refractivity contribution is 0.374. The van der Waals surface area contributed by atoms with Crippen molar-refractivity contribution in [2.75, 3.05) is 5.84 Å². The van der Waals surface area contributed by atoms with Crippen LogP contribution in [0.4, 0.5) is 0 Å². The normalized spacial score (nSPS) is 12.6. The van der Waals surface area contributed by atoms with E-state index >= 15 is 0 Å². The lowest BCUT2D eigenvalue weighted by atomic mass is 10.2. The molecule has 0 amide bonds. The quantitative estimate of drug-likeness (QED) is 0.516. The first-order chi connectivity index (χ1) is 11.2. The Morgan fingerprint density at radius 3 is 3.04 bits per heavy atom. The number of nitrogen functional groups attached to an aromatic ring is 1. The third-order valence-electron chi connectivity index (χ3n) is 3.27. The predicted molar refractivity (Wildman–Crippen MR) is 90.7 cm³/mol. The van der Waals surface area contributed by atoms with E-state index in [-0.39, 0.29) is 5.25 Å². The lowest BCUT2D eigenvalue weighted by Gasteiger charge is -2.05. The van der Waals surface area contributed by atoms with Gasteiger partial charge in [-0.3, -0.25) is 0 Å². The van der Waals surface area contributed by atoms with Crippen LogP contribution in [0.1, 0.15) is 43.7 Å². The van der Waals surface area contributed by atoms with Crippen molar-refractivity contribution in [1.82, 2.24) is 25.0 Å². The monoisotopic (exact) mass is 350 g/mol. The van der Waals surface area contributed by atoms with E-state index in [1.165, 1.54) is 16.4 Å². The van der Waals surface area contributed by atoms with E-state index in [4.69, 9.17) is 10.4 Å². The van der Waals surface area contributed by atoms with E-state index in [9.17, 15) is 0 Å². The molecule has 1 atom stereocenters. The summed E-state index contributed by atoms with van der Waals surface area (Å²) < 4.78 is 6.84. The first-order valence-electron chi connectivity index (χ1n) is 7.42. The van der Waals surface area contributed by atoms with Gasteiger partial charge in [-0.25, -0.2) is 4.68 Å². The van der Waals surface area contributed by atoms with E-state index in [1.54, 1.807) is 11.3 Å². The Morgan fingerprint density at radius 2 is 2.30 bits per heavy atom. The summed E-state index contributed by atoms with van der Waals surface area (Å²) in [6.07, 6.45) is 3.00. The molecule has 0 bridgehead atoms. The molecule has 1 unspecified atom stereocenters.